The second kappa shape index (κ2) is 5.00. The first kappa shape index (κ1) is 12.9. The number of hydrogen-bond acceptors (Lipinski definition) is 3. The Kier molecular flexibility index (Phi) is 3.59. The average molecular weight is 250 g/mol. The van der Waals surface area contributed by atoms with Crippen LogP contribution >= 0.6 is 0 Å². The van der Waals surface area contributed by atoms with E-state index in [0.717, 1.165) is 12.1 Å². The molecule has 2 atom stereocenters. The van der Waals surface area contributed by atoms with E-state index in [1.807, 2.05) is 13.8 Å². The zero-order chi connectivity index (χ0) is 13.3. The summed E-state index contributed by atoms with van der Waals surface area (Å²) in [5.74, 6) is 0.461. The van der Waals surface area contributed by atoms with E-state index in [4.69, 9.17) is 5.73 Å². The number of nitrogen functional groups attached to an aromatic ring is 1. The molecule has 100 valence electrons. The second-order valence-corrected chi connectivity index (χ2v) is 5.15. The minimum atomic E-state index is -0.0892. The molecule has 2 rings (SSSR count). The Morgan fingerprint density at radius 1 is 1.56 bits per heavy atom. The van der Waals surface area contributed by atoms with Crippen LogP contribution in [0, 0.1) is 12.8 Å². The van der Waals surface area contributed by atoms with Crippen LogP contribution in [-0.4, -0.2) is 21.7 Å². The van der Waals surface area contributed by atoms with E-state index in [1.54, 1.807) is 4.68 Å². The van der Waals surface area contributed by atoms with Crippen molar-refractivity contribution in [1.82, 2.24) is 15.1 Å². The van der Waals surface area contributed by atoms with Crippen LogP contribution in [0.25, 0.3) is 0 Å². The van der Waals surface area contributed by atoms with E-state index in [1.165, 1.54) is 12.8 Å². The average Bonchev–Trinajstić information content (AvgIpc) is 2.85. The highest BCUT2D eigenvalue weighted by Crippen LogP contribution is 2.25. The number of carbonyl (C=O) groups is 1. The minimum absolute atomic E-state index is 0.0892. The molecule has 5 nitrogen and oxygen atoms in total. The molecule has 5 heteroatoms. The summed E-state index contributed by atoms with van der Waals surface area (Å²) < 4.78 is 1.68. The van der Waals surface area contributed by atoms with E-state index in [9.17, 15) is 4.79 Å². The van der Waals surface area contributed by atoms with Crippen molar-refractivity contribution in [3.63, 3.8) is 0 Å². The predicted molar refractivity (Wildman–Crippen MR) is 71.3 cm³/mol. The van der Waals surface area contributed by atoms with E-state index < -0.39 is 0 Å². The maximum absolute atomic E-state index is 12.3. The molecular weight excluding hydrogens is 228 g/mol. The lowest BCUT2D eigenvalue weighted by molar-refractivity contribution is 0.0920. The third-order valence-electron chi connectivity index (χ3n) is 3.87. The summed E-state index contributed by atoms with van der Waals surface area (Å²) in [6.45, 7) is 6.63. The van der Waals surface area contributed by atoms with Gasteiger partial charge in [0.15, 0.2) is 0 Å². The maximum atomic E-state index is 12.3. The van der Waals surface area contributed by atoms with Crippen LogP contribution in [0.2, 0.25) is 0 Å². The molecule has 1 amide bonds. The predicted octanol–water partition coefficient (Wildman–Crippen LogP) is 1.71. The van der Waals surface area contributed by atoms with Crippen molar-refractivity contribution in [3.05, 3.63) is 11.4 Å². The Labute approximate surface area is 108 Å². The van der Waals surface area contributed by atoms with Gasteiger partial charge >= 0.3 is 0 Å². The topological polar surface area (TPSA) is 72.9 Å². The van der Waals surface area contributed by atoms with E-state index >= 15 is 0 Å². The summed E-state index contributed by atoms with van der Waals surface area (Å²) in [7, 11) is 0. The number of nitrogens with two attached hydrogens (primary N) is 1. The molecule has 1 saturated carbocycles. The maximum Gasteiger partial charge on any atom is 0.271 e. The Hall–Kier alpha value is -1.52. The number of anilines is 1. The standard InChI is InChI=1S/C13H22N4O/c1-4-17-12(11(14)9(3)16-17)13(18)15-10-7-5-6-8(10)2/h8,10H,4-7,14H2,1-3H3,(H,15,18). The highest BCUT2D eigenvalue weighted by Gasteiger charge is 2.27. The number of hydrogen-bond donors (Lipinski definition) is 2. The minimum Gasteiger partial charge on any atom is -0.395 e. The fourth-order valence-corrected chi connectivity index (χ4v) is 2.66. The third-order valence-corrected chi connectivity index (χ3v) is 3.87. The van der Waals surface area contributed by atoms with Crippen LogP contribution in [0.1, 0.15) is 49.3 Å². The molecule has 0 aromatic carbocycles. The molecule has 0 saturated heterocycles. The molecule has 1 fully saturated rings. The molecule has 0 aliphatic heterocycles. The highest BCUT2D eigenvalue weighted by molar-refractivity contribution is 5.98. The van der Waals surface area contributed by atoms with Crippen LogP contribution in [0.5, 0.6) is 0 Å². The van der Waals surface area contributed by atoms with E-state index in [-0.39, 0.29) is 11.9 Å². The SMILES string of the molecule is CCn1nc(C)c(N)c1C(=O)NC1CCCC1C. The van der Waals surface area contributed by atoms with Gasteiger partial charge in [-0.2, -0.15) is 5.10 Å². The molecule has 3 N–H and O–H groups in total. The lowest BCUT2D eigenvalue weighted by atomic mass is 10.1. The highest BCUT2D eigenvalue weighted by atomic mass is 16.2. The fourth-order valence-electron chi connectivity index (χ4n) is 2.66. The molecule has 1 aliphatic carbocycles. The van der Waals surface area contributed by atoms with Gasteiger partial charge in [0, 0.05) is 12.6 Å². The quantitative estimate of drug-likeness (QED) is 0.857. The van der Waals surface area contributed by atoms with Gasteiger partial charge in [0.1, 0.15) is 5.69 Å². The lowest BCUT2D eigenvalue weighted by Crippen LogP contribution is -2.37. The molecule has 0 radical (unpaired) electrons. The number of amides is 1. The van der Waals surface area contributed by atoms with Gasteiger partial charge in [0.05, 0.1) is 11.4 Å². The van der Waals surface area contributed by atoms with Gasteiger partial charge in [-0.3, -0.25) is 9.48 Å². The van der Waals surface area contributed by atoms with Gasteiger partial charge < -0.3 is 11.1 Å². The Morgan fingerprint density at radius 2 is 2.28 bits per heavy atom. The van der Waals surface area contributed by atoms with Crippen LogP contribution in [0.15, 0.2) is 0 Å². The normalized spacial score (nSPS) is 23.3. The first-order chi connectivity index (χ1) is 8.54. The van der Waals surface area contributed by atoms with Crippen LogP contribution in [0.4, 0.5) is 5.69 Å². The summed E-state index contributed by atoms with van der Waals surface area (Å²) in [5.41, 5.74) is 7.68. The molecule has 18 heavy (non-hydrogen) atoms. The van der Waals surface area contributed by atoms with Gasteiger partial charge in [-0.05, 0) is 32.6 Å². The summed E-state index contributed by atoms with van der Waals surface area (Å²) >= 11 is 0. The number of carbonyl (C=O) groups excluding carboxylic acids is 1. The number of aromatic nitrogens is 2. The van der Waals surface area contributed by atoms with Gasteiger partial charge in [-0.1, -0.05) is 13.3 Å². The summed E-state index contributed by atoms with van der Waals surface area (Å²) in [4.78, 5) is 12.3. The number of rotatable bonds is 3. The first-order valence-corrected chi connectivity index (χ1v) is 6.68. The summed E-state index contributed by atoms with van der Waals surface area (Å²) in [5, 5.41) is 7.37. The lowest BCUT2D eigenvalue weighted by Gasteiger charge is -2.17. The molecular formula is C13H22N4O. The van der Waals surface area contributed by atoms with Crippen molar-refractivity contribution in [3.8, 4) is 0 Å². The van der Waals surface area contributed by atoms with Crippen molar-refractivity contribution in [1.29, 1.82) is 0 Å². The van der Waals surface area contributed by atoms with Crippen LogP contribution in [0.3, 0.4) is 0 Å². The number of nitrogens with one attached hydrogen (secondary N) is 1. The van der Waals surface area contributed by atoms with Gasteiger partial charge in [-0.15, -0.1) is 0 Å². The zero-order valence-electron chi connectivity index (χ0n) is 11.4. The van der Waals surface area contributed by atoms with Gasteiger partial charge in [0.2, 0.25) is 0 Å². The van der Waals surface area contributed by atoms with Crippen LogP contribution < -0.4 is 11.1 Å². The molecule has 1 aromatic heterocycles. The van der Waals surface area contributed by atoms with Crippen LogP contribution in [-0.2, 0) is 6.54 Å². The number of nitrogens with zero attached hydrogens (tertiary/aromatic N) is 2. The van der Waals surface area contributed by atoms with Crippen molar-refractivity contribution in [2.75, 3.05) is 5.73 Å². The van der Waals surface area contributed by atoms with Crippen molar-refractivity contribution in [2.45, 2.75) is 52.6 Å². The van der Waals surface area contributed by atoms with Crippen molar-refractivity contribution in [2.24, 2.45) is 5.92 Å². The first-order valence-electron chi connectivity index (χ1n) is 6.68. The van der Waals surface area contributed by atoms with Gasteiger partial charge in [-0.25, -0.2) is 0 Å². The Bertz CT molecular complexity index is 452. The smallest absolute Gasteiger partial charge is 0.271 e. The zero-order valence-corrected chi connectivity index (χ0v) is 11.4. The molecule has 1 aromatic rings. The third kappa shape index (κ3) is 2.21. The summed E-state index contributed by atoms with van der Waals surface area (Å²) in [6.07, 6.45) is 3.44. The monoisotopic (exact) mass is 250 g/mol. The second-order valence-electron chi connectivity index (χ2n) is 5.15. The van der Waals surface area contributed by atoms with E-state index in [2.05, 4.69) is 17.3 Å². The summed E-state index contributed by atoms with van der Waals surface area (Å²) in [6, 6.07) is 0.275. The number of aryl methyl sites for hydroxylation is 2. The largest absolute Gasteiger partial charge is 0.395 e. The fraction of sp³-hybridized carbons (Fsp3) is 0.692. The molecule has 1 aliphatic rings. The molecule has 1 heterocycles. The molecule has 0 spiro atoms. The van der Waals surface area contributed by atoms with Crippen molar-refractivity contribution < 1.29 is 4.79 Å². The molecule has 2 unspecified atom stereocenters. The Balaban J connectivity index is 2.18. The van der Waals surface area contributed by atoms with Gasteiger partial charge in [0.25, 0.3) is 5.91 Å². The molecule has 0 bridgehead atoms. The van der Waals surface area contributed by atoms with Crippen molar-refractivity contribution >= 4 is 11.6 Å². The Morgan fingerprint density at radius 3 is 2.83 bits per heavy atom. The van der Waals surface area contributed by atoms with E-state index in [0.29, 0.717) is 23.8 Å².